The van der Waals surface area contributed by atoms with Gasteiger partial charge in [-0.2, -0.15) is 0 Å². The zero-order valence-electron chi connectivity index (χ0n) is 13.2. The molecule has 1 N–H and O–H groups in total. The molecule has 0 heterocycles. The highest BCUT2D eigenvalue weighted by Crippen LogP contribution is 2.41. The summed E-state index contributed by atoms with van der Waals surface area (Å²) in [4.78, 5) is 21.8. The summed E-state index contributed by atoms with van der Waals surface area (Å²) < 4.78 is 6.01. The zero-order chi connectivity index (χ0) is 16.6. The van der Waals surface area contributed by atoms with Crippen LogP contribution in [0.15, 0.2) is 12.1 Å². The van der Waals surface area contributed by atoms with Crippen LogP contribution in [0.25, 0.3) is 0 Å². The summed E-state index contributed by atoms with van der Waals surface area (Å²) in [6.45, 7) is 11.5. The third-order valence-electron chi connectivity index (χ3n) is 3.98. The lowest BCUT2D eigenvalue weighted by Crippen LogP contribution is -2.44. The van der Waals surface area contributed by atoms with Gasteiger partial charge in [0.1, 0.15) is 0 Å². The fourth-order valence-electron chi connectivity index (χ4n) is 1.59. The Hall–Kier alpha value is -1.89. The molecule has 0 fully saturated rings. The van der Waals surface area contributed by atoms with Crippen LogP contribution in [0.2, 0.25) is 18.1 Å². The van der Waals surface area contributed by atoms with Crippen molar-refractivity contribution in [3.05, 3.63) is 33.4 Å². The molecule has 0 amide bonds. The van der Waals surface area contributed by atoms with E-state index >= 15 is 0 Å². The average Bonchev–Trinajstić information content (AvgIpc) is 2.28. The number of benzene rings is 1. The number of carboxylic acid groups (broad SMARTS) is 1. The van der Waals surface area contributed by atoms with Crippen molar-refractivity contribution in [3.63, 3.8) is 0 Å². The van der Waals surface area contributed by atoms with Crippen LogP contribution in [0.1, 0.15) is 36.7 Å². The number of carbonyl (C=O) groups is 1. The Morgan fingerprint density at radius 2 is 1.86 bits per heavy atom. The van der Waals surface area contributed by atoms with Crippen molar-refractivity contribution in [3.8, 4) is 5.75 Å². The van der Waals surface area contributed by atoms with Gasteiger partial charge in [0, 0.05) is 11.6 Å². The van der Waals surface area contributed by atoms with E-state index < -0.39 is 19.2 Å². The van der Waals surface area contributed by atoms with Crippen LogP contribution in [-0.2, 0) is 0 Å². The summed E-state index contributed by atoms with van der Waals surface area (Å²) in [6, 6.07) is 2.44. The predicted octanol–water partition coefficient (Wildman–Crippen LogP) is 3.99. The van der Waals surface area contributed by atoms with Crippen LogP contribution < -0.4 is 4.43 Å². The van der Waals surface area contributed by atoms with E-state index in [1.165, 1.54) is 12.1 Å². The average molecular weight is 311 g/mol. The normalized spacial score (nSPS) is 12.1. The first-order valence-electron chi connectivity index (χ1n) is 6.59. The number of aromatic carboxylic acids is 1. The Balaban J connectivity index is 3.49. The van der Waals surface area contributed by atoms with E-state index in [1.54, 1.807) is 6.92 Å². The van der Waals surface area contributed by atoms with E-state index in [0.29, 0.717) is 5.56 Å². The SMILES string of the molecule is Cc1c(C(=O)O)ccc([N+](=O)[O-])c1O[Si](C)(C)C(C)(C)C. The fraction of sp³-hybridized carbons (Fsp3) is 0.500. The quantitative estimate of drug-likeness (QED) is 0.516. The molecular weight excluding hydrogens is 290 g/mol. The van der Waals surface area contributed by atoms with E-state index in [0.717, 1.165) is 0 Å². The van der Waals surface area contributed by atoms with E-state index in [1.807, 2.05) is 33.9 Å². The Bertz CT molecular complexity index is 590. The molecule has 0 spiro atoms. The van der Waals surface area contributed by atoms with Crippen molar-refractivity contribution in [1.82, 2.24) is 0 Å². The second-order valence-electron chi connectivity index (χ2n) is 6.51. The number of nitro benzene ring substituents is 1. The van der Waals surface area contributed by atoms with Gasteiger partial charge in [-0.05, 0) is 31.1 Å². The Morgan fingerprint density at radius 3 is 2.24 bits per heavy atom. The van der Waals surface area contributed by atoms with Crippen molar-refractivity contribution in [2.75, 3.05) is 0 Å². The number of nitro groups is 1. The monoisotopic (exact) mass is 311 g/mol. The number of hydrogen-bond acceptors (Lipinski definition) is 4. The minimum atomic E-state index is -2.31. The third-order valence-corrected chi connectivity index (χ3v) is 8.30. The first kappa shape index (κ1) is 17.2. The van der Waals surface area contributed by atoms with Crippen LogP contribution in [0.3, 0.4) is 0 Å². The zero-order valence-corrected chi connectivity index (χ0v) is 14.2. The number of rotatable bonds is 4. The molecule has 0 unspecified atom stereocenters. The molecule has 0 radical (unpaired) electrons. The second kappa shape index (κ2) is 5.48. The van der Waals surface area contributed by atoms with Crippen molar-refractivity contribution in [2.24, 2.45) is 0 Å². The van der Waals surface area contributed by atoms with Crippen LogP contribution in [-0.4, -0.2) is 24.3 Å². The number of carboxylic acids is 1. The Kier molecular flexibility index (Phi) is 4.47. The fourth-order valence-corrected chi connectivity index (χ4v) is 2.66. The highest BCUT2D eigenvalue weighted by atomic mass is 28.4. The highest BCUT2D eigenvalue weighted by molar-refractivity contribution is 6.74. The maximum atomic E-state index is 11.2. The summed E-state index contributed by atoms with van der Waals surface area (Å²) in [5.74, 6) is -1.05. The van der Waals surface area contributed by atoms with E-state index in [9.17, 15) is 14.9 Å². The van der Waals surface area contributed by atoms with Gasteiger partial charge in [-0.15, -0.1) is 0 Å². The van der Waals surface area contributed by atoms with Crippen molar-refractivity contribution in [2.45, 2.75) is 45.8 Å². The first-order valence-corrected chi connectivity index (χ1v) is 9.49. The largest absolute Gasteiger partial charge is 0.539 e. The van der Waals surface area contributed by atoms with Crippen molar-refractivity contribution >= 4 is 20.0 Å². The third kappa shape index (κ3) is 3.41. The molecular formula is C14H21NO5Si. The smallest absolute Gasteiger partial charge is 0.336 e. The topological polar surface area (TPSA) is 89.7 Å². The minimum Gasteiger partial charge on any atom is -0.539 e. The van der Waals surface area contributed by atoms with E-state index in [4.69, 9.17) is 9.53 Å². The lowest BCUT2D eigenvalue weighted by Gasteiger charge is -2.36. The molecule has 7 heteroatoms. The predicted molar refractivity (Wildman–Crippen MR) is 82.6 cm³/mol. The molecule has 1 aromatic rings. The van der Waals surface area contributed by atoms with Gasteiger partial charge < -0.3 is 9.53 Å². The minimum absolute atomic E-state index is 0.0225. The van der Waals surface area contributed by atoms with Gasteiger partial charge >= 0.3 is 11.7 Å². The van der Waals surface area contributed by atoms with Gasteiger partial charge in [0.05, 0.1) is 10.5 Å². The summed E-state index contributed by atoms with van der Waals surface area (Å²) in [6.07, 6.45) is 0. The Labute approximate surface area is 125 Å². The van der Waals surface area contributed by atoms with Gasteiger partial charge in [-0.1, -0.05) is 20.8 Å². The number of hydrogen-bond donors (Lipinski definition) is 1. The summed E-state index contributed by atoms with van der Waals surface area (Å²) in [7, 11) is -2.31. The molecule has 0 bridgehead atoms. The van der Waals surface area contributed by atoms with Gasteiger partial charge in [-0.25, -0.2) is 4.79 Å². The molecule has 0 aromatic heterocycles. The first-order chi connectivity index (χ1) is 9.38. The molecule has 0 aliphatic rings. The molecule has 1 aromatic carbocycles. The van der Waals surface area contributed by atoms with Crippen molar-refractivity contribution < 1.29 is 19.3 Å². The van der Waals surface area contributed by atoms with Crippen LogP contribution in [0.4, 0.5) is 5.69 Å². The van der Waals surface area contributed by atoms with E-state index in [2.05, 4.69) is 0 Å². The number of nitrogens with zero attached hydrogens (tertiary/aromatic N) is 1. The van der Waals surface area contributed by atoms with Crippen LogP contribution >= 0.6 is 0 Å². The van der Waals surface area contributed by atoms with Gasteiger partial charge in [0.2, 0.25) is 0 Å². The van der Waals surface area contributed by atoms with Gasteiger partial charge in [0.25, 0.3) is 8.32 Å². The molecule has 0 aliphatic heterocycles. The highest BCUT2D eigenvalue weighted by Gasteiger charge is 2.41. The summed E-state index contributed by atoms with van der Waals surface area (Å²) in [5.41, 5.74) is 0.123. The van der Waals surface area contributed by atoms with Crippen LogP contribution in [0, 0.1) is 17.0 Å². The molecule has 116 valence electrons. The van der Waals surface area contributed by atoms with Crippen molar-refractivity contribution in [1.29, 1.82) is 0 Å². The van der Waals surface area contributed by atoms with Crippen LogP contribution in [0.5, 0.6) is 5.75 Å². The van der Waals surface area contributed by atoms with Gasteiger partial charge in [-0.3, -0.25) is 10.1 Å². The molecule has 0 saturated heterocycles. The second-order valence-corrected chi connectivity index (χ2v) is 11.2. The summed E-state index contributed by atoms with van der Waals surface area (Å²) in [5, 5.41) is 20.2. The van der Waals surface area contributed by atoms with Gasteiger partial charge in [0.15, 0.2) is 5.75 Å². The maximum Gasteiger partial charge on any atom is 0.336 e. The Morgan fingerprint density at radius 1 is 1.33 bits per heavy atom. The maximum absolute atomic E-state index is 11.2. The standard InChI is InChI=1S/C14H21NO5Si/c1-9-10(13(16)17)7-8-11(15(18)19)12(9)20-21(5,6)14(2,3)4/h7-8H,1-6H3,(H,16,17). The summed E-state index contributed by atoms with van der Waals surface area (Å²) >= 11 is 0. The molecule has 0 aliphatic carbocycles. The molecule has 0 saturated carbocycles. The van der Waals surface area contributed by atoms with E-state index in [-0.39, 0.29) is 22.0 Å². The molecule has 1 rings (SSSR count). The lowest BCUT2D eigenvalue weighted by molar-refractivity contribution is -0.385. The molecule has 6 nitrogen and oxygen atoms in total. The molecule has 0 atom stereocenters. The molecule has 21 heavy (non-hydrogen) atoms. The lowest BCUT2D eigenvalue weighted by atomic mass is 10.1.